The fraction of sp³-hybridized carbons (Fsp3) is 0.217. The highest BCUT2D eigenvalue weighted by Crippen LogP contribution is 2.31. The van der Waals surface area contributed by atoms with Gasteiger partial charge in [-0.15, -0.1) is 11.3 Å². The third-order valence-electron chi connectivity index (χ3n) is 5.13. The van der Waals surface area contributed by atoms with E-state index in [1.807, 2.05) is 55.2 Å². The molecule has 2 aromatic carbocycles. The van der Waals surface area contributed by atoms with E-state index in [9.17, 15) is 4.39 Å². The van der Waals surface area contributed by atoms with Gasteiger partial charge in [-0.05, 0) is 38.2 Å². The van der Waals surface area contributed by atoms with Crippen molar-refractivity contribution in [3.05, 3.63) is 82.7 Å². The Balaban J connectivity index is 1.73. The van der Waals surface area contributed by atoms with E-state index in [-0.39, 0.29) is 11.9 Å². The molecule has 0 aliphatic carbocycles. The van der Waals surface area contributed by atoms with E-state index in [1.54, 1.807) is 28.2 Å². The molecule has 154 valence electrons. The molecule has 30 heavy (non-hydrogen) atoms. The predicted molar refractivity (Wildman–Crippen MR) is 118 cm³/mol. The molecule has 2 aromatic heterocycles. The van der Waals surface area contributed by atoms with Crippen molar-refractivity contribution >= 4 is 11.3 Å². The van der Waals surface area contributed by atoms with Crippen LogP contribution in [0.3, 0.4) is 0 Å². The van der Waals surface area contributed by atoms with Gasteiger partial charge in [0, 0.05) is 41.5 Å². The highest BCUT2D eigenvalue weighted by molar-refractivity contribution is 7.09. The topological polar surface area (TPSA) is 43.2 Å². The van der Waals surface area contributed by atoms with Crippen LogP contribution in [-0.2, 0) is 6.54 Å². The van der Waals surface area contributed by atoms with E-state index < -0.39 is 0 Å². The zero-order chi connectivity index (χ0) is 21.1. The number of halogens is 1. The molecule has 0 spiro atoms. The van der Waals surface area contributed by atoms with Crippen LogP contribution in [-0.4, -0.2) is 33.8 Å². The Morgan fingerprint density at radius 3 is 2.67 bits per heavy atom. The first-order valence-corrected chi connectivity index (χ1v) is 10.5. The fourth-order valence-corrected chi connectivity index (χ4v) is 4.07. The van der Waals surface area contributed by atoms with Gasteiger partial charge in [0.25, 0.3) is 0 Å². The minimum absolute atomic E-state index is 0.138. The molecular formula is C23H23FN4OS. The molecule has 0 aliphatic rings. The van der Waals surface area contributed by atoms with Gasteiger partial charge in [0.2, 0.25) is 0 Å². The van der Waals surface area contributed by atoms with Gasteiger partial charge in [0.05, 0.1) is 18.8 Å². The van der Waals surface area contributed by atoms with Crippen LogP contribution >= 0.6 is 11.3 Å². The first kappa shape index (κ1) is 20.3. The molecule has 0 saturated heterocycles. The third-order valence-corrected chi connectivity index (χ3v) is 6.08. The molecule has 2 heterocycles. The number of hydrogen-bond acceptors (Lipinski definition) is 5. The molecule has 5 nitrogen and oxygen atoms in total. The monoisotopic (exact) mass is 422 g/mol. The molecule has 0 fully saturated rings. The lowest BCUT2D eigenvalue weighted by Gasteiger charge is -2.22. The Kier molecular flexibility index (Phi) is 5.92. The number of para-hydroxylation sites is 1. The van der Waals surface area contributed by atoms with E-state index in [0.717, 1.165) is 16.3 Å². The molecule has 0 unspecified atom stereocenters. The van der Waals surface area contributed by atoms with Crippen LogP contribution in [0, 0.1) is 5.82 Å². The number of hydrogen-bond donors (Lipinski definition) is 0. The fourth-order valence-electron chi connectivity index (χ4n) is 3.31. The largest absolute Gasteiger partial charge is 0.497 e. The molecule has 0 amide bonds. The maximum Gasteiger partial charge on any atom is 0.136 e. The molecule has 4 aromatic rings. The standard InChI is InChI=1S/C23H23FN4OS/c1-16(23-25-11-12-30-23)27(2)14-17-15-28(18-7-5-4-6-8-18)26-22(17)20-10-9-19(29-3)13-21(20)24/h4-13,15-16H,14H2,1-3H3/t16-/m1/s1. The molecule has 0 radical (unpaired) electrons. The Labute approximate surface area is 179 Å². The lowest BCUT2D eigenvalue weighted by Crippen LogP contribution is -2.22. The van der Waals surface area contributed by atoms with E-state index >= 15 is 0 Å². The Hall–Kier alpha value is -3.03. The lowest BCUT2D eigenvalue weighted by molar-refractivity contribution is 0.253. The van der Waals surface area contributed by atoms with Crippen LogP contribution in [0.15, 0.2) is 66.3 Å². The summed E-state index contributed by atoms with van der Waals surface area (Å²) < 4.78 is 21.8. The van der Waals surface area contributed by atoms with E-state index in [2.05, 4.69) is 16.8 Å². The minimum atomic E-state index is -0.357. The van der Waals surface area contributed by atoms with E-state index in [0.29, 0.717) is 23.6 Å². The van der Waals surface area contributed by atoms with Crippen molar-refractivity contribution in [2.75, 3.05) is 14.2 Å². The van der Waals surface area contributed by atoms with Gasteiger partial charge in [-0.1, -0.05) is 18.2 Å². The molecule has 1 atom stereocenters. The van der Waals surface area contributed by atoms with Gasteiger partial charge in [-0.25, -0.2) is 14.1 Å². The Morgan fingerprint density at radius 2 is 2.00 bits per heavy atom. The summed E-state index contributed by atoms with van der Waals surface area (Å²) in [5.41, 5.74) is 2.94. The number of thiazole rings is 1. The summed E-state index contributed by atoms with van der Waals surface area (Å²) in [5, 5.41) is 7.76. The van der Waals surface area contributed by atoms with Crippen molar-refractivity contribution in [3.63, 3.8) is 0 Å². The third kappa shape index (κ3) is 4.13. The summed E-state index contributed by atoms with van der Waals surface area (Å²) in [6.07, 6.45) is 3.79. The van der Waals surface area contributed by atoms with Gasteiger partial charge in [0.15, 0.2) is 0 Å². The Morgan fingerprint density at radius 1 is 1.20 bits per heavy atom. The number of methoxy groups -OCH3 is 1. The van der Waals surface area contributed by atoms with Crippen LogP contribution in [0.25, 0.3) is 16.9 Å². The average molecular weight is 423 g/mol. The van der Waals surface area contributed by atoms with Crippen molar-refractivity contribution in [1.29, 1.82) is 0 Å². The molecule has 0 saturated carbocycles. The van der Waals surface area contributed by atoms with Crippen LogP contribution in [0.5, 0.6) is 5.75 Å². The normalized spacial score (nSPS) is 12.3. The molecule has 4 rings (SSSR count). The van der Waals surface area contributed by atoms with Crippen LogP contribution in [0.2, 0.25) is 0 Å². The van der Waals surface area contributed by atoms with Crippen LogP contribution in [0.4, 0.5) is 4.39 Å². The molecular weight excluding hydrogens is 399 g/mol. The second-order valence-electron chi connectivity index (χ2n) is 7.09. The molecule has 7 heteroatoms. The smallest absolute Gasteiger partial charge is 0.136 e. The summed E-state index contributed by atoms with van der Waals surface area (Å²) in [4.78, 5) is 6.62. The van der Waals surface area contributed by atoms with E-state index in [1.165, 1.54) is 13.2 Å². The first-order valence-electron chi connectivity index (χ1n) is 9.64. The summed E-state index contributed by atoms with van der Waals surface area (Å²) in [7, 11) is 3.57. The minimum Gasteiger partial charge on any atom is -0.497 e. The summed E-state index contributed by atoms with van der Waals surface area (Å²) >= 11 is 1.63. The van der Waals surface area contributed by atoms with Gasteiger partial charge in [-0.3, -0.25) is 4.90 Å². The van der Waals surface area contributed by atoms with E-state index in [4.69, 9.17) is 9.84 Å². The van der Waals surface area contributed by atoms with Crippen molar-refractivity contribution in [2.24, 2.45) is 0 Å². The van der Waals surface area contributed by atoms with Gasteiger partial charge in [-0.2, -0.15) is 5.10 Å². The number of rotatable bonds is 7. The first-order chi connectivity index (χ1) is 14.6. The van der Waals surface area contributed by atoms with Gasteiger partial charge in [0.1, 0.15) is 22.3 Å². The van der Waals surface area contributed by atoms with Gasteiger partial charge < -0.3 is 4.74 Å². The number of aromatic nitrogens is 3. The van der Waals surface area contributed by atoms with Crippen LogP contribution in [0.1, 0.15) is 23.5 Å². The second kappa shape index (κ2) is 8.77. The predicted octanol–water partition coefficient (Wildman–Crippen LogP) is 5.34. The Bertz CT molecular complexity index is 1110. The van der Waals surface area contributed by atoms with Crippen molar-refractivity contribution < 1.29 is 9.13 Å². The maximum absolute atomic E-state index is 14.9. The molecule has 0 N–H and O–H groups in total. The zero-order valence-corrected chi connectivity index (χ0v) is 17.9. The number of benzene rings is 2. The van der Waals surface area contributed by atoms with Crippen LogP contribution < -0.4 is 4.74 Å². The second-order valence-corrected chi connectivity index (χ2v) is 8.02. The maximum atomic E-state index is 14.9. The summed E-state index contributed by atoms with van der Waals surface area (Å²) in [5.74, 6) is 0.124. The quantitative estimate of drug-likeness (QED) is 0.403. The van der Waals surface area contributed by atoms with Crippen molar-refractivity contribution in [3.8, 4) is 22.7 Å². The SMILES string of the molecule is COc1ccc(-c2nn(-c3ccccc3)cc2CN(C)[C@H](C)c2nccs2)c(F)c1. The number of ether oxygens (including phenoxy) is 1. The highest BCUT2D eigenvalue weighted by Gasteiger charge is 2.21. The number of nitrogens with zero attached hydrogens (tertiary/aromatic N) is 4. The highest BCUT2D eigenvalue weighted by atomic mass is 32.1. The average Bonchev–Trinajstić information content (AvgIpc) is 3.44. The van der Waals surface area contributed by atoms with Crippen molar-refractivity contribution in [1.82, 2.24) is 19.7 Å². The summed E-state index contributed by atoms with van der Waals surface area (Å²) in [6.45, 7) is 2.72. The lowest BCUT2D eigenvalue weighted by atomic mass is 10.1. The molecule has 0 aliphatic heterocycles. The summed E-state index contributed by atoms with van der Waals surface area (Å²) in [6, 6.07) is 14.8. The van der Waals surface area contributed by atoms with Gasteiger partial charge >= 0.3 is 0 Å². The zero-order valence-electron chi connectivity index (χ0n) is 17.1. The van der Waals surface area contributed by atoms with Crippen molar-refractivity contribution in [2.45, 2.75) is 19.5 Å². The molecule has 0 bridgehead atoms.